The summed E-state index contributed by atoms with van der Waals surface area (Å²) in [5, 5.41) is 7.10. The molecular formula is C12H19N3O2. The van der Waals surface area contributed by atoms with Crippen molar-refractivity contribution in [3.05, 3.63) is 17.5 Å². The molecule has 5 heteroatoms. The number of likely N-dealkylation sites (tertiary alicyclic amines) is 1. The van der Waals surface area contributed by atoms with Crippen molar-refractivity contribution < 1.29 is 9.53 Å². The maximum Gasteiger partial charge on any atom is 0.248 e. The number of H-pyrrole nitrogens is 1. The molecule has 0 aliphatic carbocycles. The molecule has 5 nitrogen and oxygen atoms in total. The number of carbonyl (C=O) groups is 1. The zero-order valence-corrected chi connectivity index (χ0v) is 10.4. The van der Waals surface area contributed by atoms with Crippen molar-refractivity contribution >= 4 is 5.91 Å². The number of ether oxygens (including phenoxy) is 1. The monoisotopic (exact) mass is 237 g/mol. The molecule has 2 heterocycles. The van der Waals surface area contributed by atoms with Gasteiger partial charge in [-0.25, -0.2) is 0 Å². The average Bonchev–Trinajstić information content (AvgIpc) is 2.76. The van der Waals surface area contributed by atoms with Crippen LogP contribution in [0.5, 0.6) is 0 Å². The normalized spacial score (nSPS) is 20.6. The molecule has 0 spiro atoms. The van der Waals surface area contributed by atoms with E-state index in [4.69, 9.17) is 4.74 Å². The Kier molecular flexibility index (Phi) is 3.78. The summed E-state index contributed by atoms with van der Waals surface area (Å²) in [7, 11) is 1.55. The lowest BCUT2D eigenvalue weighted by atomic mass is 9.93. The van der Waals surface area contributed by atoms with E-state index in [2.05, 4.69) is 17.1 Å². The van der Waals surface area contributed by atoms with Gasteiger partial charge in [0.15, 0.2) is 0 Å². The molecule has 1 amide bonds. The van der Waals surface area contributed by atoms with Crippen LogP contribution in [0.3, 0.4) is 0 Å². The third kappa shape index (κ3) is 2.66. The van der Waals surface area contributed by atoms with Crippen molar-refractivity contribution in [1.82, 2.24) is 15.1 Å². The minimum atomic E-state index is 0.0781. The van der Waals surface area contributed by atoms with E-state index < -0.39 is 0 Å². The van der Waals surface area contributed by atoms with Gasteiger partial charge in [-0.1, -0.05) is 0 Å². The lowest BCUT2D eigenvalue weighted by Gasteiger charge is -2.32. The number of hydrogen-bond acceptors (Lipinski definition) is 3. The Bertz CT molecular complexity index is 389. The van der Waals surface area contributed by atoms with E-state index in [0.29, 0.717) is 5.92 Å². The number of amides is 1. The summed E-state index contributed by atoms with van der Waals surface area (Å²) < 4.78 is 4.90. The Morgan fingerprint density at radius 3 is 3.18 bits per heavy atom. The van der Waals surface area contributed by atoms with Crippen molar-refractivity contribution in [3.8, 4) is 0 Å². The molecule has 1 aliphatic rings. The van der Waals surface area contributed by atoms with E-state index in [1.807, 2.05) is 11.1 Å². The lowest BCUT2D eigenvalue weighted by Crippen LogP contribution is -2.41. The summed E-state index contributed by atoms with van der Waals surface area (Å²) >= 11 is 0. The van der Waals surface area contributed by atoms with Crippen LogP contribution in [0.15, 0.2) is 6.20 Å². The van der Waals surface area contributed by atoms with Crippen molar-refractivity contribution in [3.63, 3.8) is 0 Å². The van der Waals surface area contributed by atoms with Gasteiger partial charge in [0.2, 0.25) is 5.91 Å². The summed E-state index contributed by atoms with van der Waals surface area (Å²) in [5.74, 6) is 0.460. The molecule has 1 aliphatic heterocycles. The van der Waals surface area contributed by atoms with E-state index in [1.165, 1.54) is 11.3 Å². The highest BCUT2D eigenvalue weighted by Gasteiger charge is 2.26. The van der Waals surface area contributed by atoms with Gasteiger partial charge in [-0.2, -0.15) is 5.10 Å². The number of piperidine rings is 1. The SMILES string of the molecule is COCC(=O)N1CCCC(c2[nH]ncc2C)C1. The predicted molar refractivity (Wildman–Crippen MR) is 63.8 cm³/mol. The van der Waals surface area contributed by atoms with Crippen molar-refractivity contribution in [2.75, 3.05) is 26.8 Å². The first-order chi connectivity index (χ1) is 8.22. The molecule has 1 aromatic heterocycles. The van der Waals surface area contributed by atoms with Gasteiger partial charge >= 0.3 is 0 Å². The Hall–Kier alpha value is -1.36. The molecule has 0 saturated carbocycles. The second-order valence-corrected chi connectivity index (χ2v) is 4.58. The van der Waals surface area contributed by atoms with Crippen molar-refractivity contribution in [2.24, 2.45) is 0 Å². The minimum absolute atomic E-state index is 0.0781. The molecule has 0 radical (unpaired) electrons. The molecular weight excluding hydrogens is 218 g/mol. The summed E-state index contributed by atoms with van der Waals surface area (Å²) in [6, 6.07) is 0. The molecule has 0 aromatic carbocycles. The fraction of sp³-hybridized carbons (Fsp3) is 0.667. The first kappa shape index (κ1) is 12.1. The summed E-state index contributed by atoms with van der Waals surface area (Å²) in [6.07, 6.45) is 3.99. The number of aromatic nitrogens is 2. The quantitative estimate of drug-likeness (QED) is 0.855. The van der Waals surface area contributed by atoms with Gasteiger partial charge in [-0.15, -0.1) is 0 Å². The number of aryl methyl sites for hydroxylation is 1. The molecule has 17 heavy (non-hydrogen) atoms. The van der Waals surface area contributed by atoms with Crippen LogP contribution in [0.25, 0.3) is 0 Å². The summed E-state index contributed by atoms with van der Waals surface area (Å²) in [6.45, 7) is 3.83. The standard InChI is InChI=1S/C12H19N3O2/c1-9-6-13-14-12(9)10-4-3-5-15(7-10)11(16)8-17-2/h6,10H,3-5,7-8H2,1-2H3,(H,13,14). The molecule has 1 N–H and O–H groups in total. The van der Waals surface area contributed by atoms with Gasteiger partial charge < -0.3 is 9.64 Å². The van der Waals surface area contributed by atoms with Crippen molar-refractivity contribution in [1.29, 1.82) is 0 Å². The number of aromatic amines is 1. The number of methoxy groups -OCH3 is 1. The van der Waals surface area contributed by atoms with Gasteiger partial charge in [0.25, 0.3) is 0 Å². The number of carbonyl (C=O) groups excluding carboxylic acids is 1. The van der Waals surface area contributed by atoms with Crippen LogP contribution in [0.2, 0.25) is 0 Å². The smallest absolute Gasteiger partial charge is 0.248 e. The molecule has 2 rings (SSSR count). The van der Waals surface area contributed by atoms with E-state index in [9.17, 15) is 4.79 Å². The largest absolute Gasteiger partial charge is 0.375 e. The minimum Gasteiger partial charge on any atom is -0.375 e. The molecule has 1 atom stereocenters. The van der Waals surface area contributed by atoms with Gasteiger partial charge in [0.1, 0.15) is 6.61 Å². The first-order valence-electron chi connectivity index (χ1n) is 5.99. The third-order valence-corrected chi connectivity index (χ3v) is 3.32. The van der Waals surface area contributed by atoms with E-state index in [-0.39, 0.29) is 12.5 Å². The molecule has 0 bridgehead atoms. The first-order valence-corrected chi connectivity index (χ1v) is 5.99. The fourth-order valence-electron chi connectivity index (χ4n) is 2.42. The zero-order valence-electron chi connectivity index (χ0n) is 10.4. The third-order valence-electron chi connectivity index (χ3n) is 3.32. The second-order valence-electron chi connectivity index (χ2n) is 4.58. The Morgan fingerprint density at radius 2 is 2.53 bits per heavy atom. The van der Waals surface area contributed by atoms with Gasteiger partial charge in [-0.3, -0.25) is 9.89 Å². The van der Waals surface area contributed by atoms with E-state index in [1.54, 1.807) is 7.11 Å². The number of hydrogen-bond donors (Lipinski definition) is 1. The van der Waals surface area contributed by atoms with Crippen LogP contribution in [0.4, 0.5) is 0 Å². The predicted octanol–water partition coefficient (Wildman–Crippen LogP) is 1.07. The van der Waals surface area contributed by atoms with Crippen LogP contribution in [-0.2, 0) is 9.53 Å². The molecule has 1 fully saturated rings. The maximum absolute atomic E-state index is 11.8. The van der Waals surface area contributed by atoms with E-state index in [0.717, 1.165) is 25.9 Å². The molecule has 94 valence electrons. The summed E-state index contributed by atoms with van der Waals surface area (Å²) in [4.78, 5) is 13.7. The van der Waals surface area contributed by atoms with Gasteiger partial charge in [-0.05, 0) is 25.3 Å². The van der Waals surface area contributed by atoms with Crippen LogP contribution in [0, 0.1) is 6.92 Å². The summed E-state index contributed by atoms with van der Waals surface area (Å²) in [5.41, 5.74) is 2.34. The van der Waals surface area contributed by atoms with Gasteiger partial charge in [0, 0.05) is 31.8 Å². The molecule has 1 unspecified atom stereocenters. The highest BCUT2D eigenvalue weighted by atomic mass is 16.5. The Labute approximate surface area is 101 Å². The average molecular weight is 237 g/mol. The van der Waals surface area contributed by atoms with Crippen LogP contribution in [0.1, 0.15) is 30.0 Å². The van der Waals surface area contributed by atoms with Crippen molar-refractivity contribution in [2.45, 2.75) is 25.7 Å². The highest BCUT2D eigenvalue weighted by molar-refractivity contribution is 5.77. The fourth-order valence-corrected chi connectivity index (χ4v) is 2.42. The molecule has 1 saturated heterocycles. The number of nitrogens with one attached hydrogen (secondary N) is 1. The number of rotatable bonds is 3. The molecule has 1 aromatic rings. The topological polar surface area (TPSA) is 58.2 Å². The number of nitrogens with zero attached hydrogens (tertiary/aromatic N) is 2. The van der Waals surface area contributed by atoms with Crippen LogP contribution >= 0.6 is 0 Å². The Morgan fingerprint density at radius 1 is 1.71 bits per heavy atom. The maximum atomic E-state index is 11.8. The van der Waals surface area contributed by atoms with Crippen LogP contribution < -0.4 is 0 Å². The van der Waals surface area contributed by atoms with Crippen LogP contribution in [-0.4, -0.2) is 47.8 Å². The second kappa shape index (κ2) is 5.31. The Balaban J connectivity index is 2.02. The highest BCUT2D eigenvalue weighted by Crippen LogP contribution is 2.27. The van der Waals surface area contributed by atoms with E-state index >= 15 is 0 Å². The lowest BCUT2D eigenvalue weighted by molar-refractivity contribution is -0.136. The van der Waals surface area contributed by atoms with Gasteiger partial charge in [0.05, 0.1) is 6.20 Å². The zero-order chi connectivity index (χ0) is 12.3.